The Morgan fingerprint density at radius 1 is 0.972 bits per heavy atom. The molecule has 0 aliphatic heterocycles. The summed E-state index contributed by atoms with van der Waals surface area (Å²) in [6, 6.07) is 17.9. The molecule has 36 heavy (non-hydrogen) atoms. The highest BCUT2D eigenvalue weighted by Crippen LogP contribution is 2.39. The van der Waals surface area contributed by atoms with Gasteiger partial charge in [-0.3, -0.25) is 4.79 Å². The van der Waals surface area contributed by atoms with Crippen LogP contribution < -0.4 is 4.74 Å². The molecule has 0 fully saturated rings. The van der Waals surface area contributed by atoms with Gasteiger partial charge in [-0.1, -0.05) is 36.4 Å². The van der Waals surface area contributed by atoms with Crippen LogP contribution in [0.1, 0.15) is 52.6 Å². The number of carbonyl (C=O) groups is 1. The van der Waals surface area contributed by atoms with E-state index in [0.29, 0.717) is 42.0 Å². The number of nitrogens with zero attached hydrogens (tertiary/aromatic N) is 2. The van der Waals surface area contributed by atoms with E-state index < -0.39 is 15.4 Å². The van der Waals surface area contributed by atoms with Gasteiger partial charge < -0.3 is 9.72 Å². The Balaban J connectivity index is 0.00000304. The maximum Gasteiger partial charge on any atom is 0.199 e. The normalized spacial score (nSPS) is 14.9. The molecule has 1 N–H and O–H groups in total. The number of ketones is 1. The molecule has 1 aliphatic carbocycles. The minimum absolute atomic E-state index is 0. The van der Waals surface area contributed by atoms with Crippen molar-refractivity contribution in [2.24, 2.45) is 0 Å². The fraction of sp³-hybridized carbons (Fsp3) is 0.222. The van der Waals surface area contributed by atoms with Gasteiger partial charge >= 0.3 is 0 Å². The van der Waals surface area contributed by atoms with Crippen molar-refractivity contribution in [3.8, 4) is 5.75 Å². The molecule has 0 saturated heterocycles. The van der Waals surface area contributed by atoms with Crippen molar-refractivity contribution < 1.29 is 17.9 Å². The van der Waals surface area contributed by atoms with E-state index >= 15 is 0 Å². The number of imidazole rings is 1. The molecule has 1 aliphatic rings. The van der Waals surface area contributed by atoms with Gasteiger partial charge in [0.1, 0.15) is 5.75 Å². The Morgan fingerprint density at radius 2 is 1.75 bits per heavy atom. The van der Waals surface area contributed by atoms with Crippen LogP contribution in [0.25, 0.3) is 0 Å². The van der Waals surface area contributed by atoms with Crippen LogP contribution in [0.3, 0.4) is 0 Å². The van der Waals surface area contributed by atoms with Crippen molar-refractivity contribution in [2.45, 2.75) is 42.6 Å². The van der Waals surface area contributed by atoms with Crippen molar-refractivity contribution in [3.63, 3.8) is 0 Å². The fourth-order valence-electron chi connectivity index (χ4n) is 4.57. The van der Waals surface area contributed by atoms with Crippen LogP contribution in [0.5, 0.6) is 5.75 Å². The molecule has 7 nitrogen and oxygen atoms in total. The monoisotopic (exact) mass is 523 g/mol. The van der Waals surface area contributed by atoms with Crippen molar-refractivity contribution >= 4 is 28.0 Å². The summed E-state index contributed by atoms with van der Waals surface area (Å²) >= 11 is 0. The lowest BCUT2D eigenvalue weighted by molar-refractivity contribution is 0.0971. The predicted octanol–water partition coefficient (Wildman–Crippen LogP) is 5.06. The van der Waals surface area contributed by atoms with Crippen LogP contribution in [-0.2, 0) is 27.6 Å². The smallest absolute Gasteiger partial charge is 0.199 e. The van der Waals surface area contributed by atoms with E-state index in [-0.39, 0.29) is 29.0 Å². The fourth-order valence-corrected chi connectivity index (χ4v) is 5.93. The zero-order valence-electron chi connectivity index (χ0n) is 19.7. The van der Waals surface area contributed by atoms with Gasteiger partial charge in [0.15, 0.2) is 32.1 Å². The number of aromatic amines is 1. The number of hydrogen-bond donors (Lipinski definition) is 1. The van der Waals surface area contributed by atoms with E-state index in [9.17, 15) is 13.2 Å². The summed E-state index contributed by atoms with van der Waals surface area (Å²) in [4.78, 5) is 24.3. The number of hydrogen-bond acceptors (Lipinski definition) is 6. The van der Waals surface area contributed by atoms with Gasteiger partial charge in [-0.05, 0) is 49.6 Å². The minimum atomic E-state index is -3.79. The van der Waals surface area contributed by atoms with E-state index in [1.54, 1.807) is 36.7 Å². The summed E-state index contributed by atoms with van der Waals surface area (Å²) in [7, 11) is -3.79. The third kappa shape index (κ3) is 4.79. The lowest BCUT2D eigenvalue weighted by atomic mass is 9.87. The highest BCUT2D eigenvalue weighted by Gasteiger charge is 2.36. The van der Waals surface area contributed by atoms with Crippen LogP contribution in [0, 0.1) is 0 Å². The number of aromatic nitrogens is 3. The molecule has 0 unspecified atom stereocenters. The van der Waals surface area contributed by atoms with E-state index in [0.717, 1.165) is 11.1 Å². The maximum absolute atomic E-state index is 13.4. The summed E-state index contributed by atoms with van der Waals surface area (Å²) in [5.41, 5.74) is 1.61. The zero-order chi connectivity index (χ0) is 24.5. The molecule has 2 aromatic heterocycles. The standard InChI is InChI=1S/C27H25N3O4S.ClH/c1-27(26-29-16-17-30-26,19-8-3-2-4-9-19)34-24-14-13-21-20(10-7-11-23(21)31)22(24)18-35(32,33)25-12-5-6-15-28-25;/h2-6,8-9,12-17H,7,10-11,18H2,1H3,(H,29,30);1H/t27-;/m0./s1. The van der Waals surface area contributed by atoms with Gasteiger partial charge in [-0.25, -0.2) is 18.4 Å². The first-order chi connectivity index (χ1) is 16.9. The summed E-state index contributed by atoms with van der Waals surface area (Å²) < 4.78 is 33.4. The Morgan fingerprint density at radius 3 is 2.44 bits per heavy atom. The molecule has 4 aromatic rings. The molecule has 9 heteroatoms. The summed E-state index contributed by atoms with van der Waals surface area (Å²) in [5.74, 6) is 0.682. The molecule has 2 heterocycles. The highest BCUT2D eigenvalue weighted by atomic mass is 35.5. The van der Waals surface area contributed by atoms with Crippen molar-refractivity contribution in [1.82, 2.24) is 15.0 Å². The molecule has 186 valence electrons. The SMILES string of the molecule is C[C@](Oc1ccc2c(c1CS(=O)(=O)c1ccccn1)CCCC2=O)(c1ccccc1)c1ncc[nH]1.Cl. The summed E-state index contributed by atoms with van der Waals surface area (Å²) in [5, 5.41) is -0.0115. The molecule has 0 saturated carbocycles. The average molecular weight is 524 g/mol. The van der Waals surface area contributed by atoms with Crippen LogP contribution in [0.15, 0.2) is 84.3 Å². The number of H-pyrrole nitrogens is 1. The number of pyridine rings is 1. The number of rotatable bonds is 7. The van der Waals surface area contributed by atoms with Crippen LogP contribution in [0.4, 0.5) is 0 Å². The molecule has 0 radical (unpaired) electrons. The quantitative estimate of drug-likeness (QED) is 0.363. The number of benzene rings is 2. The van der Waals surface area contributed by atoms with Crippen molar-refractivity contribution in [2.75, 3.05) is 0 Å². The summed E-state index contributed by atoms with van der Waals surface area (Å²) in [6.45, 7) is 1.89. The van der Waals surface area contributed by atoms with Crippen LogP contribution in [-0.4, -0.2) is 29.2 Å². The lowest BCUT2D eigenvalue weighted by Crippen LogP contribution is -2.33. The summed E-state index contributed by atoms with van der Waals surface area (Å²) in [6.07, 6.45) is 6.55. The van der Waals surface area contributed by atoms with Crippen LogP contribution in [0.2, 0.25) is 0 Å². The second kappa shape index (κ2) is 10.2. The van der Waals surface area contributed by atoms with Crippen molar-refractivity contribution in [1.29, 1.82) is 0 Å². The zero-order valence-corrected chi connectivity index (χ0v) is 21.3. The number of carbonyl (C=O) groups excluding carboxylic acids is 1. The molecule has 2 aromatic carbocycles. The van der Waals surface area contributed by atoms with Crippen LogP contribution >= 0.6 is 12.4 Å². The topological polar surface area (TPSA) is 102 Å². The maximum atomic E-state index is 13.4. The molecule has 0 spiro atoms. The number of nitrogens with one attached hydrogen (secondary N) is 1. The van der Waals surface area contributed by atoms with Gasteiger partial charge in [-0.15, -0.1) is 12.4 Å². The van der Waals surface area contributed by atoms with E-state index in [2.05, 4.69) is 15.0 Å². The number of sulfone groups is 1. The second-order valence-electron chi connectivity index (χ2n) is 8.71. The van der Waals surface area contributed by atoms with Gasteiger partial charge in [0.2, 0.25) is 0 Å². The first-order valence-electron chi connectivity index (χ1n) is 11.4. The van der Waals surface area contributed by atoms with Gasteiger partial charge in [0.05, 0.1) is 5.75 Å². The Bertz CT molecular complexity index is 1460. The third-order valence-corrected chi connectivity index (χ3v) is 7.95. The first-order valence-corrected chi connectivity index (χ1v) is 13.1. The van der Waals surface area contributed by atoms with E-state index in [1.807, 2.05) is 37.3 Å². The number of halogens is 1. The van der Waals surface area contributed by atoms with Gasteiger partial charge in [-0.2, -0.15) is 0 Å². The lowest BCUT2D eigenvalue weighted by Gasteiger charge is -2.32. The minimum Gasteiger partial charge on any atom is -0.475 e. The molecule has 0 amide bonds. The predicted molar refractivity (Wildman–Crippen MR) is 138 cm³/mol. The third-order valence-electron chi connectivity index (χ3n) is 6.40. The Kier molecular flexibility index (Phi) is 7.28. The molecule has 5 rings (SSSR count). The molecule has 1 atom stereocenters. The number of ether oxygens (including phenoxy) is 1. The first kappa shape index (κ1) is 25.6. The highest BCUT2D eigenvalue weighted by molar-refractivity contribution is 7.90. The molecular weight excluding hydrogens is 498 g/mol. The molecule has 0 bridgehead atoms. The largest absolute Gasteiger partial charge is 0.475 e. The number of fused-ring (bicyclic) bond motifs is 1. The Labute approximate surface area is 216 Å². The molecular formula is C27H26ClN3O4S. The van der Waals surface area contributed by atoms with Crippen molar-refractivity contribution in [3.05, 3.63) is 107 Å². The second-order valence-corrected chi connectivity index (χ2v) is 10.6. The number of Topliss-reactive ketones (excluding diaryl/α,β-unsaturated/α-hetero) is 1. The average Bonchev–Trinajstić information content (AvgIpc) is 3.43. The van der Waals surface area contributed by atoms with E-state index in [1.165, 1.54) is 12.3 Å². The Hall–Kier alpha value is -3.49. The van der Waals surface area contributed by atoms with Gasteiger partial charge in [0, 0.05) is 41.7 Å². The van der Waals surface area contributed by atoms with E-state index in [4.69, 9.17) is 4.74 Å². The van der Waals surface area contributed by atoms with Gasteiger partial charge in [0.25, 0.3) is 0 Å².